The molecular weight excluding hydrogens is 152 g/mol. The van der Waals surface area contributed by atoms with Crippen LogP contribution in [0.4, 0.5) is 0 Å². The number of thioether (sulfide) groups is 1. The number of aliphatic hydroxyl groups excluding tert-OH is 2. The van der Waals surface area contributed by atoms with Crippen LogP contribution in [0.1, 0.15) is 12.8 Å². The number of aliphatic hydroxyl groups is 3. The second-order valence-corrected chi connectivity index (χ2v) is 3.71. The van der Waals surface area contributed by atoms with E-state index in [0.717, 1.165) is 0 Å². The van der Waals surface area contributed by atoms with E-state index in [4.69, 9.17) is 5.11 Å². The fourth-order valence-corrected chi connectivity index (χ4v) is 1.90. The van der Waals surface area contributed by atoms with Crippen LogP contribution < -0.4 is 0 Å². The zero-order valence-electron chi connectivity index (χ0n) is 5.82. The summed E-state index contributed by atoms with van der Waals surface area (Å²) in [5.74, 6) is 0. The molecule has 4 heteroatoms. The summed E-state index contributed by atoms with van der Waals surface area (Å²) in [4.78, 5) is -1.11. The van der Waals surface area contributed by atoms with Gasteiger partial charge in [0.2, 0.25) is 0 Å². The first kappa shape index (κ1) is 8.33. The Morgan fingerprint density at radius 1 is 1.50 bits per heavy atom. The highest BCUT2D eigenvalue weighted by Crippen LogP contribution is 2.37. The number of hydrogen-bond acceptors (Lipinski definition) is 4. The van der Waals surface area contributed by atoms with E-state index < -0.39 is 17.1 Å². The quantitative estimate of drug-likeness (QED) is 0.460. The molecule has 0 aromatic heterocycles. The molecule has 3 nitrogen and oxygen atoms in total. The smallest absolute Gasteiger partial charge is 0.138 e. The summed E-state index contributed by atoms with van der Waals surface area (Å²) in [6.45, 7) is 0. The summed E-state index contributed by atoms with van der Waals surface area (Å²) in [5, 5.41) is 27.7. The maximum atomic E-state index is 9.49. The average molecular weight is 164 g/mol. The molecule has 1 aliphatic rings. The number of rotatable bonds is 1. The van der Waals surface area contributed by atoms with Gasteiger partial charge in [-0.05, 0) is 19.1 Å². The first-order chi connectivity index (χ1) is 4.60. The molecule has 0 amide bonds. The molecule has 10 heavy (non-hydrogen) atoms. The first-order valence-electron chi connectivity index (χ1n) is 3.24. The van der Waals surface area contributed by atoms with Gasteiger partial charge in [0, 0.05) is 0 Å². The minimum Gasteiger partial charge on any atom is -0.390 e. The molecule has 0 radical (unpaired) electrons. The van der Waals surface area contributed by atoms with Gasteiger partial charge in [0.25, 0.3) is 0 Å². The maximum absolute atomic E-state index is 9.49. The van der Waals surface area contributed by atoms with Crippen molar-refractivity contribution in [1.82, 2.24) is 0 Å². The summed E-state index contributed by atoms with van der Waals surface area (Å²) in [5.41, 5.74) is 0. The summed E-state index contributed by atoms with van der Waals surface area (Å²) in [7, 11) is 0. The van der Waals surface area contributed by atoms with E-state index in [1.54, 1.807) is 6.26 Å². The highest BCUT2D eigenvalue weighted by Gasteiger charge is 2.45. The van der Waals surface area contributed by atoms with E-state index >= 15 is 0 Å². The molecule has 1 fully saturated rings. The lowest BCUT2D eigenvalue weighted by molar-refractivity contribution is -0.0352. The van der Waals surface area contributed by atoms with E-state index in [0.29, 0.717) is 12.8 Å². The molecule has 1 rings (SSSR count). The van der Waals surface area contributed by atoms with Crippen LogP contribution in [0, 0.1) is 0 Å². The van der Waals surface area contributed by atoms with Gasteiger partial charge in [0.15, 0.2) is 0 Å². The topological polar surface area (TPSA) is 60.7 Å². The van der Waals surface area contributed by atoms with Gasteiger partial charge in [-0.25, -0.2) is 0 Å². The molecule has 60 valence electrons. The zero-order chi connectivity index (χ0) is 7.78. The van der Waals surface area contributed by atoms with Gasteiger partial charge in [-0.15, -0.1) is 11.8 Å². The van der Waals surface area contributed by atoms with E-state index in [9.17, 15) is 10.2 Å². The van der Waals surface area contributed by atoms with Crippen LogP contribution >= 0.6 is 11.8 Å². The third-order valence-corrected chi connectivity index (χ3v) is 3.13. The largest absolute Gasteiger partial charge is 0.390 e. The van der Waals surface area contributed by atoms with Gasteiger partial charge >= 0.3 is 0 Å². The van der Waals surface area contributed by atoms with Crippen molar-refractivity contribution in [2.75, 3.05) is 6.26 Å². The SMILES string of the molecule is CSC1(O)CCC(O)C1O. The zero-order valence-corrected chi connectivity index (χ0v) is 6.64. The fourth-order valence-electron chi connectivity index (χ4n) is 1.18. The standard InChI is InChI=1S/C6H12O3S/c1-10-6(9)3-2-4(7)5(6)8/h4-5,7-9H,2-3H2,1H3. The Bertz CT molecular complexity index is 130. The summed E-state index contributed by atoms with van der Waals surface area (Å²) in [6, 6.07) is 0. The molecule has 0 aliphatic heterocycles. The van der Waals surface area contributed by atoms with Gasteiger partial charge in [-0.2, -0.15) is 0 Å². The molecule has 0 heterocycles. The molecule has 1 aliphatic carbocycles. The predicted octanol–water partition coefficient (Wildman–Crippen LogP) is -0.446. The van der Waals surface area contributed by atoms with Crippen molar-refractivity contribution in [3.8, 4) is 0 Å². The second kappa shape index (κ2) is 2.70. The Labute approximate surface area is 64.1 Å². The molecule has 3 atom stereocenters. The van der Waals surface area contributed by atoms with Gasteiger partial charge in [0.1, 0.15) is 11.0 Å². The minimum atomic E-state index is -1.11. The third kappa shape index (κ3) is 1.16. The molecule has 0 aromatic rings. The van der Waals surface area contributed by atoms with Gasteiger partial charge in [-0.1, -0.05) is 0 Å². The summed E-state index contributed by atoms with van der Waals surface area (Å²) in [6.07, 6.45) is 0.941. The molecular formula is C6H12O3S. The Balaban J connectivity index is 2.64. The Hall–Kier alpha value is 0.230. The molecule has 0 bridgehead atoms. The van der Waals surface area contributed by atoms with Gasteiger partial charge < -0.3 is 15.3 Å². The van der Waals surface area contributed by atoms with Crippen molar-refractivity contribution in [3.05, 3.63) is 0 Å². The lowest BCUT2D eigenvalue weighted by Gasteiger charge is -2.24. The monoisotopic (exact) mass is 164 g/mol. The van der Waals surface area contributed by atoms with E-state index in [2.05, 4.69) is 0 Å². The lowest BCUT2D eigenvalue weighted by Crippen LogP contribution is -2.38. The summed E-state index contributed by atoms with van der Waals surface area (Å²) < 4.78 is 0. The Morgan fingerprint density at radius 3 is 2.30 bits per heavy atom. The fraction of sp³-hybridized carbons (Fsp3) is 1.00. The highest BCUT2D eigenvalue weighted by atomic mass is 32.2. The molecule has 0 spiro atoms. The molecule has 3 N–H and O–H groups in total. The lowest BCUT2D eigenvalue weighted by atomic mass is 10.2. The van der Waals surface area contributed by atoms with Gasteiger partial charge in [0.05, 0.1) is 6.10 Å². The van der Waals surface area contributed by atoms with Crippen LogP contribution in [0.25, 0.3) is 0 Å². The van der Waals surface area contributed by atoms with E-state index in [1.807, 2.05) is 0 Å². The average Bonchev–Trinajstić information content (AvgIpc) is 2.19. The highest BCUT2D eigenvalue weighted by molar-refractivity contribution is 7.99. The molecule has 0 aromatic carbocycles. The van der Waals surface area contributed by atoms with Crippen molar-refractivity contribution in [1.29, 1.82) is 0 Å². The van der Waals surface area contributed by atoms with Crippen molar-refractivity contribution in [3.63, 3.8) is 0 Å². The normalized spacial score (nSPS) is 48.0. The third-order valence-electron chi connectivity index (χ3n) is 1.98. The molecule has 1 saturated carbocycles. The predicted molar refractivity (Wildman–Crippen MR) is 39.7 cm³/mol. The van der Waals surface area contributed by atoms with Crippen molar-refractivity contribution in [2.24, 2.45) is 0 Å². The molecule has 3 unspecified atom stereocenters. The molecule has 0 saturated heterocycles. The van der Waals surface area contributed by atoms with Crippen LogP contribution in [0.15, 0.2) is 0 Å². The van der Waals surface area contributed by atoms with Crippen molar-refractivity contribution in [2.45, 2.75) is 30.0 Å². The van der Waals surface area contributed by atoms with Crippen LogP contribution in [-0.4, -0.2) is 38.7 Å². The Kier molecular flexibility index (Phi) is 2.24. The second-order valence-electron chi connectivity index (χ2n) is 2.60. The van der Waals surface area contributed by atoms with Crippen LogP contribution in [0.5, 0.6) is 0 Å². The van der Waals surface area contributed by atoms with Gasteiger partial charge in [-0.3, -0.25) is 0 Å². The van der Waals surface area contributed by atoms with E-state index in [1.165, 1.54) is 11.8 Å². The minimum absolute atomic E-state index is 0.469. The van der Waals surface area contributed by atoms with Crippen LogP contribution in [0.3, 0.4) is 0 Å². The van der Waals surface area contributed by atoms with Crippen LogP contribution in [0.2, 0.25) is 0 Å². The van der Waals surface area contributed by atoms with Crippen molar-refractivity contribution >= 4 is 11.8 Å². The maximum Gasteiger partial charge on any atom is 0.138 e. The first-order valence-corrected chi connectivity index (χ1v) is 4.46. The number of hydrogen-bond donors (Lipinski definition) is 3. The summed E-state index contributed by atoms with van der Waals surface area (Å²) >= 11 is 1.19. The van der Waals surface area contributed by atoms with Crippen LogP contribution in [-0.2, 0) is 0 Å². The van der Waals surface area contributed by atoms with E-state index in [-0.39, 0.29) is 0 Å². The Morgan fingerprint density at radius 2 is 2.10 bits per heavy atom. The van der Waals surface area contributed by atoms with Crippen molar-refractivity contribution < 1.29 is 15.3 Å².